The van der Waals surface area contributed by atoms with Crippen LogP contribution < -0.4 is 0 Å². The number of nitrogens with zero attached hydrogens (tertiary/aromatic N) is 4. The van der Waals surface area contributed by atoms with Crippen LogP contribution in [0.3, 0.4) is 0 Å². The van der Waals surface area contributed by atoms with E-state index >= 15 is 0 Å². The summed E-state index contributed by atoms with van der Waals surface area (Å²) >= 11 is 0. The van der Waals surface area contributed by atoms with E-state index < -0.39 is 0 Å². The van der Waals surface area contributed by atoms with Gasteiger partial charge in [0.15, 0.2) is 0 Å². The molecule has 4 rings (SSSR count). The Bertz CT molecular complexity index is 891. The summed E-state index contributed by atoms with van der Waals surface area (Å²) in [7, 11) is 0. The zero-order valence-electron chi connectivity index (χ0n) is 15.7. The Morgan fingerprint density at radius 1 is 1.32 bits per heavy atom. The van der Waals surface area contributed by atoms with Gasteiger partial charge in [-0.2, -0.15) is 4.98 Å². The molecule has 28 heavy (non-hydrogen) atoms. The molecule has 2 aliphatic heterocycles. The van der Waals surface area contributed by atoms with Crippen LogP contribution in [0.5, 0.6) is 0 Å². The van der Waals surface area contributed by atoms with Crippen molar-refractivity contribution in [2.75, 3.05) is 26.2 Å². The van der Waals surface area contributed by atoms with E-state index in [0.717, 1.165) is 38.8 Å². The lowest BCUT2D eigenvalue weighted by Gasteiger charge is -2.34. The smallest absolute Gasteiger partial charge is 0.239 e. The van der Waals surface area contributed by atoms with Gasteiger partial charge in [-0.25, -0.2) is 4.39 Å². The second-order valence-corrected chi connectivity index (χ2v) is 7.42. The van der Waals surface area contributed by atoms with Gasteiger partial charge in [-0.1, -0.05) is 23.2 Å². The van der Waals surface area contributed by atoms with Crippen LogP contribution in [-0.2, 0) is 4.79 Å². The standard InChI is InChI=1S/C21H23FN4O2/c1-2-10-25-11-5-9-18(25)21(27)26-12-4-7-16(14-26)20-23-19(24-28-20)15-6-3-8-17(22)13-15/h1,3,6,8,13,16,18H,4-5,7,9-12,14H2/t16-,18+/m1/s1. The van der Waals surface area contributed by atoms with Gasteiger partial charge >= 0.3 is 0 Å². The van der Waals surface area contributed by atoms with Gasteiger partial charge in [0.05, 0.1) is 18.5 Å². The molecular weight excluding hydrogens is 359 g/mol. The van der Waals surface area contributed by atoms with Crippen LogP contribution in [0.2, 0.25) is 0 Å². The Kier molecular flexibility index (Phi) is 5.40. The fraction of sp³-hybridized carbons (Fsp3) is 0.476. The highest BCUT2D eigenvalue weighted by Crippen LogP contribution is 2.29. The average molecular weight is 382 g/mol. The first-order chi connectivity index (χ1) is 13.7. The van der Waals surface area contributed by atoms with Crippen molar-refractivity contribution in [3.8, 4) is 23.7 Å². The van der Waals surface area contributed by atoms with Crippen molar-refractivity contribution in [3.63, 3.8) is 0 Å². The summed E-state index contributed by atoms with van der Waals surface area (Å²) in [5.41, 5.74) is 0.578. The SMILES string of the molecule is C#CCN1CCC[C@H]1C(=O)N1CCC[C@@H](c2nc(-c3cccc(F)c3)no2)C1. The van der Waals surface area contributed by atoms with E-state index in [1.54, 1.807) is 12.1 Å². The molecule has 2 aromatic rings. The number of aromatic nitrogens is 2. The first-order valence-corrected chi connectivity index (χ1v) is 9.71. The highest BCUT2D eigenvalue weighted by molar-refractivity contribution is 5.82. The molecule has 0 unspecified atom stereocenters. The van der Waals surface area contributed by atoms with Crippen molar-refractivity contribution >= 4 is 5.91 Å². The summed E-state index contributed by atoms with van der Waals surface area (Å²) in [4.78, 5) is 21.5. The maximum Gasteiger partial charge on any atom is 0.239 e. The second kappa shape index (κ2) is 8.11. The third kappa shape index (κ3) is 3.78. The van der Waals surface area contributed by atoms with Gasteiger partial charge < -0.3 is 9.42 Å². The van der Waals surface area contributed by atoms with Crippen molar-refractivity contribution < 1.29 is 13.7 Å². The number of terminal acetylenes is 1. The van der Waals surface area contributed by atoms with E-state index in [2.05, 4.69) is 21.0 Å². The molecule has 2 aliphatic rings. The van der Waals surface area contributed by atoms with E-state index in [1.807, 2.05) is 4.90 Å². The van der Waals surface area contributed by atoms with Crippen LogP contribution >= 0.6 is 0 Å². The van der Waals surface area contributed by atoms with Crippen molar-refractivity contribution in [1.29, 1.82) is 0 Å². The summed E-state index contributed by atoms with van der Waals surface area (Å²) < 4.78 is 18.9. The molecule has 1 aromatic heterocycles. The number of likely N-dealkylation sites (tertiary alicyclic amines) is 2. The fourth-order valence-corrected chi connectivity index (χ4v) is 4.15. The van der Waals surface area contributed by atoms with Crippen LogP contribution in [0.25, 0.3) is 11.4 Å². The number of carbonyl (C=O) groups excluding carboxylic acids is 1. The monoisotopic (exact) mass is 382 g/mol. The van der Waals surface area contributed by atoms with Crippen molar-refractivity contribution in [1.82, 2.24) is 19.9 Å². The van der Waals surface area contributed by atoms with Crippen LogP contribution in [0.1, 0.15) is 37.5 Å². The molecule has 146 valence electrons. The van der Waals surface area contributed by atoms with Gasteiger partial charge in [0, 0.05) is 18.7 Å². The second-order valence-electron chi connectivity index (χ2n) is 7.42. The van der Waals surface area contributed by atoms with E-state index in [0.29, 0.717) is 30.4 Å². The van der Waals surface area contributed by atoms with Crippen LogP contribution in [-0.4, -0.2) is 58.1 Å². The third-order valence-electron chi connectivity index (χ3n) is 5.55. The van der Waals surface area contributed by atoms with Crippen LogP contribution in [0.15, 0.2) is 28.8 Å². The molecule has 3 heterocycles. The maximum absolute atomic E-state index is 13.4. The molecule has 0 radical (unpaired) electrons. The lowest BCUT2D eigenvalue weighted by atomic mass is 9.97. The molecule has 0 saturated carbocycles. The van der Waals surface area contributed by atoms with Gasteiger partial charge in [-0.15, -0.1) is 6.42 Å². The molecule has 1 amide bonds. The summed E-state index contributed by atoms with van der Waals surface area (Å²) in [5, 5.41) is 4.00. The lowest BCUT2D eigenvalue weighted by Crippen LogP contribution is -2.48. The highest BCUT2D eigenvalue weighted by Gasteiger charge is 2.36. The molecule has 0 bridgehead atoms. The maximum atomic E-state index is 13.4. The summed E-state index contributed by atoms with van der Waals surface area (Å²) in [6, 6.07) is 5.99. The highest BCUT2D eigenvalue weighted by atomic mass is 19.1. The third-order valence-corrected chi connectivity index (χ3v) is 5.55. The summed E-state index contributed by atoms with van der Waals surface area (Å²) in [5.74, 6) is 3.32. The number of hydrogen-bond acceptors (Lipinski definition) is 5. The summed E-state index contributed by atoms with van der Waals surface area (Å²) in [6.45, 7) is 2.68. The zero-order valence-corrected chi connectivity index (χ0v) is 15.7. The van der Waals surface area contributed by atoms with Gasteiger partial charge in [0.2, 0.25) is 17.6 Å². The summed E-state index contributed by atoms with van der Waals surface area (Å²) in [6.07, 6.45) is 9.06. The molecule has 2 atom stereocenters. The minimum Gasteiger partial charge on any atom is -0.341 e. The van der Waals surface area contributed by atoms with E-state index in [9.17, 15) is 9.18 Å². The zero-order chi connectivity index (χ0) is 19.5. The first kappa shape index (κ1) is 18.6. The Labute approximate surface area is 163 Å². The number of rotatable bonds is 4. The quantitative estimate of drug-likeness (QED) is 0.761. The number of carbonyl (C=O) groups is 1. The molecular formula is C21H23FN4O2. The molecule has 7 heteroatoms. The number of halogens is 1. The normalized spacial score (nSPS) is 22.9. The topological polar surface area (TPSA) is 62.5 Å². The molecule has 6 nitrogen and oxygen atoms in total. The first-order valence-electron chi connectivity index (χ1n) is 9.71. The number of piperidine rings is 1. The predicted molar refractivity (Wildman–Crippen MR) is 102 cm³/mol. The number of amides is 1. The van der Waals surface area contributed by atoms with Gasteiger partial charge in [-0.3, -0.25) is 9.69 Å². The molecule has 0 spiro atoms. The van der Waals surface area contributed by atoms with Crippen LogP contribution in [0, 0.1) is 18.2 Å². The van der Waals surface area contributed by atoms with Gasteiger partial charge in [0.1, 0.15) is 5.82 Å². The molecule has 1 aromatic carbocycles. The van der Waals surface area contributed by atoms with E-state index in [1.165, 1.54) is 12.1 Å². The Hall–Kier alpha value is -2.72. The van der Waals surface area contributed by atoms with Crippen molar-refractivity contribution in [2.24, 2.45) is 0 Å². The minimum atomic E-state index is -0.341. The Morgan fingerprint density at radius 3 is 3.00 bits per heavy atom. The molecule has 2 fully saturated rings. The fourth-order valence-electron chi connectivity index (χ4n) is 4.15. The lowest BCUT2D eigenvalue weighted by molar-refractivity contribution is -0.137. The Balaban J connectivity index is 1.46. The van der Waals surface area contributed by atoms with Gasteiger partial charge in [-0.05, 0) is 44.4 Å². The number of benzene rings is 1. The number of hydrogen-bond donors (Lipinski definition) is 0. The van der Waals surface area contributed by atoms with Crippen LogP contribution in [0.4, 0.5) is 4.39 Å². The molecule has 0 aliphatic carbocycles. The Morgan fingerprint density at radius 2 is 2.18 bits per heavy atom. The predicted octanol–water partition coefficient (Wildman–Crippen LogP) is 2.68. The minimum absolute atomic E-state index is 0.00463. The average Bonchev–Trinajstić information content (AvgIpc) is 3.38. The van der Waals surface area contributed by atoms with Crippen molar-refractivity contribution in [3.05, 3.63) is 36.0 Å². The van der Waals surface area contributed by atoms with E-state index in [-0.39, 0.29) is 23.7 Å². The largest absolute Gasteiger partial charge is 0.341 e. The van der Waals surface area contributed by atoms with E-state index in [4.69, 9.17) is 10.9 Å². The van der Waals surface area contributed by atoms with Gasteiger partial charge in [0.25, 0.3) is 0 Å². The molecule has 2 saturated heterocycles. The molecule has 0 N–H and O–H groups in total. The van der Waals surface area contributed by atoms with Crippen molar-refractivity contribution in [2.45, 2.75) is 37.6 Å².